The molecule has 0 spiro atoms. The van der Waals surface area contributed by atoms with Gasteiger partial charge in [-0.15, -0.1) is 0 Å². The summed E-state index contributed by atoms with van der Waals surface area (Å²) in [7, 11) is 0. The lowest BCUT2D eigenvalue weighted by Gasteiger charge is -1.97. The Morgan fingerprint density at radius 2 is 2.23 bits per heavy atom. The summed E-state index contributed by atoms with van der Waals surface area (Å²) in [6.07, 6.45) is 1.55. The lowest BCUT2D eigenvalue weighted by Crippen LogP contribution is -1.81. The van der Waals surface area contributed by atoms with Crippen LogP contribution in [0.3, 0.4) is 0 Å². The van der Waals surface area contributed by atoms with Gasteiger partial charge in [-0.3, -0.25) is 0 Å². The highest BCUT2D eigenvalue weighted by Gasteiger charge is 2.04. The molecule has 0 aliphatic rings. The molecule has 13 heavy (non-hydrogen) atoms. The topological polar surface area (TPSA) is 41.6 Å². The van der Waals surface area contributed by atoms with Gasteiger partial charge in [-0.25, -0.2) is 4.39 Å². The van der Waals surface area contributed by atoms with Crippen molar-refractivity contribution in [1.82, 2.24) is 15.4 Å². The Morgan fingerprint density at radius 1 is 1.38 bits per heavy atom. The molecule has 0 amide bonds. The van der Waals surface area contributed by atoms with Crippen LogP contribution in [0.1, 0.15) is 0 Å². The molecule has 0 radical (unpaired) electrons. The number of benzene rings is 1. The maximum atomic E-state index is 12.8. The van der Waals surface area contributed by atoms with Gasteiger partial charge >= 0.3 is 0 Å². The highest BCUT2D eigenvalue weighted by molar-refractivity contribution is 6.31. The average molecular weight is 198 g/mol. The molecule has 1 heterocycles. The summed E-state index contributed by atoms with van der Waals surface area (Å²) >= 11 is 5.60. The maximum absolute atomic E-state index is 12.8. The first-order valence-electron chi connectivity index (χ1n) is 3.58. The number of aromatic nitrogens is 3. The minimum Gasteiger partial charge on any atom is -0.205 e. The van der Waals surface area contributed by atoms with E-state index in [1.165, 1.54) is 12.1 Å². The summed E-state index contributed by atoms with van der Waals surface area (Å²) in [6.45, 7) is 0. The predicted molar refractivity (Wildman–Crippen MR) is 46.8 cm³/mol. The van der Waals surface area contributed by atoms with E-state index in [1.807, 2.05) is 0 Å². The van der Waals surface area contributed by atoms with E-state index < -0.39 is 5.82 Å². The lowest BCUT2D eigenvalue weighted by atomic mass is 10.2. The number of hydrogen-bond acceptors (Lipinski definition) is 2. The summed E-state index contributed by atoms with van der Waals surface area (Å²) in [5, 5.41) is 10.0. The summed E-state index contributed by atoms with van der Waals surface area (Å²) in [5.74, 6) is -0.436. The van der Waals surface area contributed by atoms with Crippen molar-refractivity contribution < 1.29 is 4.39 Å². The van der Waals surface area contributed by atoms with Gasteiger partial charge in [0.15, 0.2) is 0 Å². The van der Waals surface area contributed by atoms with Crippen LogP contribution in [0.25, 0.3) is 11.3 Å². The van der Waals surface area contributed by atoms with Crippen molar-refractivity contribution in [1.29, 1.82) is 0 Å². The molecular weight excluding hydrogens is 193 g/mol. The van der Waals surface area contributed by atoms with Crippen LogP contribution in [-0.4, -0.2) is 15.4 Å². The quantitative estimate of drug-likeness (QED) is 0.762. The Bertz CT molecular complexity index is 413. The number of nitrogens with zero attached hydrogens (tertiary/aromatic N) is 2. The van der Waals surface area contributed by atoms with Crippen molar-refractivity contribution in [3.63, 3.8) is 0 Å². The molecular formula is C8H5ClFN3. The summed E-state index contributed by atoms with van der Waals surface area (Å²) < 4.78 is 12.8. The van der Waals surface area contributed by atoms with Crippen LogP contribution in [0.15, 0.2) is 24.4 Å². The number of H-pyrrole nitrogens is 1. The molecule has 0 fully saturated rings. The van der Waals surface area contributed by atoms with Crippen LogP contribution in [0.4, 0.5) is 4.39 Å². The van der Waals surface area contributed by atoms with Crippen LogP contribution >= 0.6 is 11.6 Å². The molecule has 0 bridgehead atoms. The molecule has 0 saturated carbocycles. The highest BCUT2D eigenvalue weighted by Crippen LogP contribution is 2.22. The number of aromatic amines is 1. The Kier molecular flexibility index (Phi) is 1.98. The fraction of sp³-hybridized carbons (Fsp3) is 0. The monoisotopic (exact) mass is 197 g/mol. The van der Waals surface area contributed by atoms with Crippen molar-refractivity contribution >= 4 is 11.6 Å². The smallest absolute Gasteiger partial charge is 0.141 e. The Hall–Kier alpha value is -1.42. The minimum absolute atomic E-state index is 0.0838. The molecule has 1 aromatic carbocycles. The normalized spacial score (nSPS) is 10.3. The van der Waals surface area contributed by atoms with Crippen molar-refractivity contribution in [2.45, 2.75) is 0 Å². The third kappa shape index (κ3) is 1.53. The van der Waals surface area contributed by atoms with E-state index in [2.05, 4.69) is 15.4 Å². The van der Waals surface area contributed by atoms with E-state index in [9.17, 15) is 4.39 Å². The first-order chi connectivity index (χ1) is 6.27. The van der Waals surface area contributed by atoms with E-state index in [0.717, 1.165) is 5.56 Å². The summed E-state index contributed by atoms with van der Waals surface area (Å²) in [5.41, 5.74) is 1.38. The van der Waals surface area contributed by atoms with E-state index in [1.54, 1.807) is 12.3 Å². The average Bonchev–Trinajstić information content (AvgIpc) is 2.62. The van der Waals surface area contributed by atoms with E-state index in [0.29, 0.717) is 5.69 Å². The van der Waals surface area contributed by atoms with Crippen LogP contribution in [0.2, 0.25) is 5.02 Å². The van der Waals surface area contributed by atoms with Gasteiger partial charge in [0.05, 0.1) is 11.2 Å². The second-order valence-corrected chi connectivity index (χ2v) is 2.89. The molecule has 1 N–H and O–H groups in total. The molecule has 2 aromatic rings. The zero-order valence-electron chi connectivity index (χ0n) is 6.46. The van der Waals surface area contributed by atoms with Crippen LogP contribution in [0.5, 0.6) is 0 Å². The Balaban J connectivity index is 2.49. The highest BCUT2D eigenvalue weighted by atomic mass is 35.5. The third-order valence-corrected chi connectivity index (χ3v) is 1.92. The van der Waals surface area contributed by atoms with Crippen molar-refractivity contribution in [2.75, 3.05) is 0 Å². The number of hydrogen-bond donors (Lipinski definition) is 1. The molecule has 0 saturated heterocycles. The SMILES string of the molecule is Fc1ccc(-c2cn[nH]n2)cc1Cl. The molecule has 0 aliphatic carbocycles. The Morgan fingerprint density at radius 3 is 2.85 bits per heavy atom. The number of rotatable bonds is 1. The van der Waals surface area contributed by atoms with Crippen LogP contribution in [-0.2, 0) is 0 Å². The minimum atomic E-state index is -0.436. The zero-order valence-corrected chi connectivity index (χ0v) is 7.22. The van der Waals surface area contributed by atoms with Crippen molar-refractivity contribution in [3.05, 3.63) is 35.2 Å². The van der Waals surface area contributed by atoms with Gasteiger partial charge in [-0.1, -0.05) is 11.6 Å². The van der Waals surface area contributed by atoms with Gasteiger partial charge in [-0.2, -0.15) is 15.4 Å². The fourth-order valence-corrected chi connectivity index (χ4v) is 1.18. The van der Waals surface area contributed by atoms with Gasteiger partial charge in [0.25, 0.3) is 0 Å². The fourth-order valence-electron chi connectivity index (χ4n) is 0.996. The van der Waals surface area contributed by atoms with Crippen LogP contribution in [0, 0.1) is 5.82 Å². The van der Waals surface area contributed by atoms with E-state index in [-0.39, 0.29) is 5.02 Å². The summed E-state index contributed by atoms with van der Waals surface area (Å²) in [6, 6.07) is 4.40. The predicted octanol–water partition coefficient (Wildman–Crippen LogP) is 2.26. The summed E-state index contributed by atoms with van der Waals surface area (Å²) in [4.78, 5) is 0. The van der Waals surface area contributed by atoms with Crippen LogP contribution < -0.4 is 0 Å². The molecule has 3 nitrogen and oxygen atoms in total. The van der Waals surface area contributed by atoms with Crippen molar-refractivity contribution in [3.8, 4) is 11.3 Å². The van der Waals surface area contributed by atoms with Gasteiger partial charge in [0.1, 0.15) is 11.5 Å². The zero-order chi connectivity index (χ0) is 9.26. The van der Waals surface area contributed by atoms with Gasteiger partial charge < -0.3 is 0 Å². The number of halogens is 2. The van der Waals surface area contributed by atoms with E-state index in [4.69, 9.17) is 11.6 Å². The molecule has 0 unspecified atom stereocenters. The van der Waals surface area contributed by atoms with Gasteiger partial charge in [0.2, 0.25) is 0 Å². The number of nitrogens with one attached hydrogen (secondary N) is 1. The molecule has 1 aromatic heterocycles. The van der Waals surface area contributed by atoms with Gasteiger partial charge in [0, 0.05) is 5.56 Å². The molecule has 2 rings (SSSR count). The largest absolute Gasteiger partial charge is 0.205 e. The first-order valence-corrected chi connectivity index (χ1v) is 3.96. The maximum Gasteiger partial charge on any atom is 0.141 e. The molecule has 0 aliphatic heterocycles. The van der Waals surface area contributed by atoms with Gasteiger partial charge in [-0.05, 0) is 18.2 Å². The molecule has 5 heteroatoms. The third-order valence-electron chi connectivity index (χ3n) is 1.63. The second kappa shape index (κ2) is 3.14. The van der Waals surface area contributed by atoms with Crippen molar-refractivity contribution in [2.24, 2.45) is 0 Å². The Labute approximate surface area is 78.5 Å². The van der Waals surface area contributed by atoms with E-state index >= 15 is 0 Å². The lowest BCUT2D eigenvalue weighted by molar-refractivity contribution is 0.628. The standard InChI is InChI=1S/C8H5ClFN3/c9-6-3-5(1-2-7(6)10)8-4-11-13-12-8/h1-4H,(H,11,12,13). The molecule has 66 valence electrons. The molecule has 0 atom stereocenters. The first kappa shape index (κ1) is 8.19. The second-order valence-electron chi connectivity index (χ2n) is 2.48.